The average molecular weight is 359 g/mol. The quantitative estimate of drug-likeness (QED) is 0.505. The number of thiophene rings is 2. The Hall–Kier alpha value is -1.12. The Balaban J connectivity index is 2.47. The van der Waals surface area contributed by atoms with Crippen molar-refractivity contribution in [2.75, 3.05) is 0 Å². The first-order valence-corrected chi connectivity index (χ1v) is 10.4. The van der Waals surface area contributed by atoms with E-state index in [9.17, 15) is 0 Å². The van der Waals surface area contributed by atoms with Gasteiger partial charge in [-0.3, -0.25) is 0 Å². The highest BCUT2D eigenvalue weighted by atomic mass is 32.1. The summed E-state index contributed by atoms with van der Waals surface area (Å²) in [5.74, 6) is 1.14. The van der Waals surface area contributed by atoms with Crippen LogP contribution >= 0.6 is 22.7 Å². The van der Waals surface area contributed by atoms with Crippen molar-refractivity contribution in [3.8, 4) is 0 Å². The molecule has 2 aromatic rings. The molecule has 0 nitrogen and oxygen atoms in total. The summed E-state index contributed by atoms with van der Waals surface area (Å²) in [7, 11) is 0. The van der Waals surface area contributed by atoms with Gasteiger partial charge in [-0.05, 0) is 80.0 Å². The van der Waals surface area contributed by atoms with Crippen molar-refractivity contribution >= 4 is 40.9 Å². The molecule has 0 bridgehead atoms. The van der Waals surface area contributed by atoms with Crippen molar-refractivity contribution in [2.45, 2.75) is 67.2 Å². The van der Waals surface area contributed by atoms with Crippen LogP contribution in [0.5, 0.6) is 0 Å². The van der Waals surface area contributed by atoms with E-state index in [1.807, 2.05) is 22.7 Å². The number of aryl methyl sites for hydroxylation is 1. The van der Waals surface area contributed by atoms with Crippen LogP contribution in [0.1, 0.15) is 88.2 Å². The SMILES string of the molecule is C/C=C/c1sc(/C=C/c2sc(C)c(C)c2C(C)C)c(C)c1C(C)C. The smallest absolute Gasteiger partial charge is 0.0311 e. The molecule has 2 rings (SSSR count). The van der Waals surface area contributed by atoms with Gasteiger partial charge in [0.25, 0.3) is 0 Å². The van der Waals surface area contributed by atoms with Gasteiger partial charge in [0, 0.05) is 19.5 Å². The van der Waals surface area contributed by atoms with Gasteiger partial charge in [-0.15, -0.1) is 22.7 Å². The van der Waals surface area contributed by atoms with Crippen molar-refractivity contribution < 1.29 is 0 Å². The standard InChI is InChI=1S/C22H30S2/c1-9-10-19-22(14(4)5)16(7)18(24-19)11-12-20-21(13(2)3)15(6)17(8)23-20/h9-14H,1-8H3/b10-9+,12-11+. The molecule has 0 saturated heterocycles. The summed E-state index contributed by atoms with van der Waals surface area (Å²) < 4.78 is 0. The Morgan fingerprint density at radius 3 is 1.71 bits per heavy atom. The molecule has 130 valence electrons. The van der Waals surface area contributed by atoms with Crippen molar-refractivity contribution in [3.63, 3.8) is 0 Å². The van der Waals surface area contributed by atoms with E-state index in [2.05, 4.69) is 79.7 Å². The summed E-state index contributed by atoms with van der Waals surface area (Å²) in [5, 5.41) is 0. The molecular formula is C22H30S2. The van der Waals surface area contributed by atoms with Crippen LogP contribution in [0.25, 0.3) is 18.2 Å². The molecule has 0 spiro atoms. The molecule has 0 aliphatic carbocycles. The van der Waals surface area contributed by atoms with E-state index in [1.165, 1.54) is 41.8 Å². The number of hydrogen-bond acceptors (Lipinski definition) is 2. The molecule has 0 unspecified atom stereocenters. The van der Waals surface area contributed by atoms with Gasteiger partial charge in [0.1, 0.15) is 0 Å². The van der Waals surface area contributed by atoms with Gasteiger partial charge in [-0.25, -0.2) is 0 Å². The summed E-state index contributed by atoms with van der Waals surface area (Å²) in [6, 6.07) is 0. The monoisotopic (exact) mass is 358 g/mol. The van der Waals surface area contributed by atoms with E-state index in [0.717, 1.165) is 0 Å². The van der Waals surface area contributed by atoms with Crippen LogP contribution in [-0.4, -0.2) is 0 Å². The summed E-state index contributed by atoms with van der Waals surface area (Å²) in [5.41, 5.74) is 5.92. The summed E-state index contributed by atoms with van der Waals surface area (Å²) in [6.45, 7) is 18.0. The van der Waals surface area contributed by atoms with E-state index in [4.69, 9.17) is 0 Å². The predicted molar refractivity (Wildman–Crippen MR) is 115 cm³/mol. The Bertz CT molecular complexity index is 764. The van der Waals surface area contributed by atoms with Gasteiger partial charge in [0.05, 0.1) is 0 Å². The van der Waals surface area contributed by atoms with Gasteiger partial charge in [0.2, 0.25) is 0 Å². The maximum absolute atomic E-state index is 2.34. The average Bonchev–Trinajstić information content (AvgIpc) is 2.95. The number of allylic oxidation sites excluding steroid dienone is 1. The lowest BCUT2D eigenvalue weighted by Crippen LogP contribution is -1.91. The second kappa shape index (κ2) is 7.84. The van der Waals surface area contributed by atoms with Crippen molar-refractivity contribution in [3.05, 3.63) is 47.8 Å². The fourth-order valence-electron chi connectivity index (χ4n) is 3.38. The molecule has 0 aliphatic rings. The molecular weight excluding hydrogens is 328 g/mol. The molecule has 0 fully saturated rings. The topological polar surface area (TPSA) is 0 Å². The van der Waals surface area contributed by atoms with Gasteiger partial charge in [-0.2, -0.15) is 0 Å². The maximum atomic E-state index is 2.34. The molecule has 0 aromatic carbocycles. The molecule has 0 amide bonds. The molecule has 2 heterocycles. The zero-order valence-corrected chi connectivity index (χ0v) is 17.9. The number of hydrogen-bond donors (Lipinski definition) is 0. The van der Waals surface area contributed by atoms with E-state index in [0.29, 0.717) is 11.8 Å². The Labute approximate surface area is 155 Å². The molecule has 2 heteroatoms. The second-order valence-electron chi connectivity index (χ2n) is 7.07. The Kier molecular flexibility index (Phi) is 6.28. The van der Waals surface area contributed by atoms with Crippen LogP contribution in [0.3, 0.4) is 0 Å². The third-order valence-electron chi connectivity index (χ3n) is 4.58. The third-order valence-corrected chi connectivity index (χ3v) is 7.00. The molecule has 0 atom stereocenters. The normalized spacial score (nSPS) is 12.6. The summed E-state index contributed by atoms with van der Waals surface area (Å²) in [6.07, 6.45) is 9.06. The van der Waals surface area contributed by atoms with Crippen LogP contribution in [0.2, 0.25) is 0 Å². The van der Waals surface area contributed by atoms with Gasteiger partial charge in [0.15, 0.2) is 0 Å². The Morgan fingerprint density at radius 1 is 0.667 bits per heavy atom. The maximum Gasteiger partial charge on any atom is 0.0311 e. The minimum atomic E-state index is 0.562. The minimum absolute atomic E-state index is 0.562. The fourth-order valence-corrected chi connectivity index (χ4v) is 5.95. The lowest BCUT2D eigenvalue weighted by Gasteiger charge is -2.07. The molecule has 0 saturated carbocycles. The van der Waals surface area contributed by atoms with Crippen molar-refractivity contribution in [1.29, 1.82) is 0 Å². The van der Waals surface area contributed by atoms with Crippen molar-refractivity contribution in [1.82, 2.24) is 0 Å². The first-order chi connectivity index (χ1) is 11.3. The molecule has 24 heavy (non-hydrogen) atoms. The van der Waals surface area contributed by atoms with Gasteiger partial charge < -0.3 is 0 Å². The van der Waals surface area contributed by atoms with Gasteiger partial charge in [-0.1, -0.05) is 33.8 Å². The third kappa shape index (κ3) is 3.75. The van der Waals surface area contributed by atoms with Gasteiger partial charge >= 0.3 is 0 Å². The molecule has 0 aliphatic heterocycles. The van der Waals surface area contributed by atoms with Crippen LogP contribution < -0.4 is 0 Å². The lowest BCUT2D eigenvalue weighted by molar-refractivity contribution is 0.859. The first kappa shape index (κ1) is 19.2. The van der Waals surface area contributed by atoms with E-state index < -0.39 is 0 Å². The zero-order chi connectivity index (χ0) is 18.0. The van der Waals surface area contributed by atoms with Crippen LogP contribution in [0.4, 0.5) is 0 Å². The predicted octanol–water partition coefficient (Wildman–Crippen LogP) is 8.19. The second-order valence-corrected chi connectivity index (χ2v) is 9.41. The van der Waals surface area contributed by atoms with E-state index in [1.54, 1.807) is 0 Å². The van der Waals surface area contributed by atoms with E-state index in [-0.39, 0.29) is 0 Å². The highest BCUT2D eigenvalue weighted by Crippen LogP contribution is 2.38. The van der Waals surface area contributed by atoms with Crippen molar-refractivity contribution in [2.24, 2.45) is 0 Å². The van der Waals surface area contributed by atoms with E-state index >= 15 is 0 Å². The fraction of sp³-hybridized carbons (Fsp3) is 0.455. The van der Waals surface area contributed by atoms with Crippen LogP contribution in [0, 0.1) is 20.8 Å². The minimum Gasteiger partial charge on any atom is -0.141 e. The zero-order valence-electron chi connectivity index (χ0n) is 16.3. The summed E-state index contributed by atoms with van der Waals surface area (Å²) in [4.78, 5) is 5.67. The van der Waals surface area contributed by atoms with Crippen LogP contribution in [0.15, 0.2) is 6.08 Å². The largest absolute Gasteiger partial charge is 0.141 e. The molecule has 2 aromatic heterocycles. The molecule has 0 N–H and O–H groups in total. The first-order valence-electron chi connectivity index (χ1n) is 8.81. The summed E-state index contributed by atoms with van der Waals surface area (Å²) >= 11 is 3.84. The van der Waals surface area contributed by atoms with Crippen LogP contribution in [-0.2, 0) is 0 Å². The number of rotatable bonds is 5. The molecule has 0 radical (unpaired) electrons. The Morgan fingerprint density at radius 2 is 1.17 bits per heavy atom. The highest BCUT2D eigenvalue weighted by molar-refractivity contribution is 7.14. The lowest BCUT2D eigenvalue weighted by atomic mass is 9.97. The highest BCUT2D eigenvalue weighted by Gasteiger charge is 2.16.